The van der Waals surface area contributed by atoms with Gasteiger partial charge >= 0.3 is 0 Å². The quantitative estimate of drug-likeness (QED) is 0.574. The number of aromatic nitrogens is 4. The summed E-state index contributed by atoms with van der Waals surface area (Å²) in [6.45, 7) is 2.99. The van der Waals surface area contributed by atoms with Gasteiger partial charge in [0.1, 0.15) is 17.7 Å². The summed E-state index contributed by atoms with van der Waals surface area (Å²) in [5, 5.41) is 4.82. The molecule has 104 valence electrons. The lowest BCUT2D eigenvalue weighted by Crippen LogP contribution is -2.03. The Bertz CT molecular complexity index is 720. The Labute approximate surface area is 120 Å². The molecule has 2 heterocycles. The predicted molar refractivity (Wildman–Crippen MR) is 78.3 cm³/mol. The third kappa shape index (κ3) is 2.62. The molecular formula is C13H15N5OS. The minimum atomic E-state index is 0.622. The van der Waals surface area contributed by atoms with Gasteiger partial charge in [-0.1, -0.05) is 18.7 Å². The van der Waals surface area contributed by atoms with E-state index in [0.717, 1.165) is 29.9 Å². The molecule has 2 N–H and O–H groups in total. The van der Waals surface area contributed by atoms with E-state index < -0.39 is 0 Å². The number of anilines is 1. The van der Waals surface area contributed by atoms with E-state index in [2.05, 4.69) is 22.0 Å². The number of hydrogen-bond acceptors (Lipinski definition) is 6. The summed E-state index contributed by atoms with van der Waals surface area (Å²) in [4.78, 5) is 8.67. The van der Waals surface area contributed by atoms with Crippen molar-refractivity contribution in [3.8, 4) is 0 Å². The first-order valence-electron chi connectivity index (χ1n) is 6.42. The van der Waals surface area contributed by atoms with Gasteiger partial charge in [0.15, 0.2) is 5.58 Å². The van der Waals surface area contributed by atoms with E-state index in [9.17, 15) is 0 Å². The normalized spacial score (nSPS) is 11.2. The van der Waals surface area contributed by atoms with Crippen molar-refractivity contribution in [2.24, 2.45) is 0 Å². The van der Waals surface area contributed by atoms with Crippen LogP contribution < -0.4 is 5.73 Å². The van der Waals surface area contributed by atoms with Crippen molar-refractivity contribution in [1.82, 2.24) is 19.7 Å². The second-order valence-corrected chi connectivity index (χ2v) is 5.32. The van der Waals surface area contributed by atoms with Crippen LogP contribution in [0.15, 0.2) is 34.2 Å². The van der Waals surface area contributed by atoms with Crippen LogP contribution >= 0.6 is 11.8 Å². The molecule has 0 amide bonds. The summed E-state index contributed by atoms with van der Waals surface area (Å²) < 4.78 is 7.57. The van der Waals surface area contributed by atoms with E-state index in [1.165, 1.54) is 11.8 Å². The van der Waals surface area contributed by atoms with Crippen molar-refractivity contribution in [1.29, 1.82) is 0 Å². The van der Waals surface area contributed by atoms with Crippen molar-refractivity contribution >= 4 is 28.5 Å². The number of rotatable bonds is 5. The summed E-state index contributed by atoms with van der Waals surface area (Å²) in [6.07, 6.45) is 2.61. The molecule has 0 spiro atoms. The lowest BCUT2D eigenvalue weighted by molar-refractivity contribution is 0.489. The predicted octanol–water partition coefficient (Wildman–Crippen LogP) is 2.70. The Morgan fingerprint density at radius 2 is 2.30 bits per heavy atom. The van der Waals surface area contributed by atoms with Crippen LogP contribution in [0.1, 0.15) is 19.2 Å². The van der Waals surface area contributed by atoms with Gasteiger partial charge in [-0.15, -0.1) is 0 Å². The fourth-order valence-electron chi connectivity index (χ4n) is 1.91. The minimum Gasteiger partial charge on any atom is -0.431 e. The molecule has 3 rings (SSSR count). The van der Waals surface area contributed by atoms with Crippen molar-refractivity contribution in [2.75, 3.05) is 5.73 Å². The lowest BCUT2D eigenvalue weighted by atomic mass is 10.3. The number of aryl methyl sites for hydroxylation is 1. The summed E-state index contributed by atoms with van der Waals surface area (Å²) in [6, 6.07) is 5.45. The van der Waals surface area contributed by atoms with E-state index in [1.807, 2.05) is 16.8 Å². The fourth-order valence-corrected chi connectivity index (χ4v) is 2.70. The van der Waals surface area contributed by atoms with Crippen molar-refractivity contribution in [2.45, 2.75) is 30.9 Å². The molecule has 20 heavy (non-hydrogen) atoms. The summed E-state index contributed by atoms with van der Waals surface area (Å²) in [5.41, 5.74) is 7.94. The van der Waals surface area contributed by atoms with E-state index in [1.54, 1.807) is 12.4 Å². The van der Waals surface area contributed by atoms with Crippen LogP contribution in [0, 0.1) is 0 Å². The molecule has 0 saturated carbocycles. The largest absolute Gasteiger partial charge is 0.431 e. The third-order valence-corrected chi connectivity index (χ3v) is 3.67. The first kappa shape index (κ1) is 13.0. The third-order valence-electron chi connectivity index (χ3n) is 2.85. The van der Waals surface area contributed by atoms with Crippen molar-refractivity contribution in [3.63, 3.8) is 0 Å². The van der Waals surface area contributed by atoms with Gasteiger partial charge in [-0.3, -0.25) is 0 Å². The lowest BCUT2D eigenvalue weighted by Gasteiger charge is -2.01. The molecule has 0 aliphatic heterocycles. The zero-order valence-electron chi connectivity index (χ0n) is 11.1. The SMILES string of the molecule is CCCn1ncnc1CSc1nc2cc(N)ccc2o1. The second kappa shape index (κ2) is 5.54. The number of thioether (sulfide) groups is 1. The Balaban J connectivity index is 1.74. The monoisotopic (exact) mass is 289 g/mol. The maximum Gasteiger partial charge on any atom is 0.257 e. The summed E-state index contributed by atoms with van der Waals surface area (Å²) in [7, 11) is 0. The van der Waals surface area contributed by atoms with Crippen molar-refractivity contribution in [3.05, 3.63) is 30.4 Å². The highest BCUT2D eigenvalue weighted by molar-refractivity contribution is 7.98. The molecule has 0 bridgehead atoms. The molecule has 0 aliphatic rings. The van der Waals surface area contributed by atoms with Gasteiger partial charge in [0, 0.05) is 12.2 Å². The van der Waals surface area contributed by atoms with Gasteiger partial charge in [-0.25, -0.2) is 14.6 Å². The molecular weight excluding hydrogens is 274 g/mol. The van der Waals surface area contributed by atoms with E-state index >= 15 is 0 Å². The molecule has 1 aromatic carbocycles. The molecule has 0 unspecified atom stereocenters. The Morgan fingerprint density at radius 3 is 3.15 bits per heavy atom. The van der Waals surface area contributed by atoms with Crippen molar-refractivity contribution < 1.29 is 4.42 Å². The molecule has 3 aromatic rings. The average molecular weight is 289 g/mol. The van der Waals surface area contributed by atoms with Gasteiger partial charge in [-0.05, 0) is 24.6 Å². The number of hydrogen-bond donors (Lipinski definition) is 1. The molecule has 7 heteroatoms. The molecule has 0 atom stereocenters. The van der Waals surface area contributed by atoms with Crippen LogP contribution in [0.25, 0.3) is 11.1 Å². The Morgan fingerprint density at radius 1 is 1.40 bits per heavy atom. The van der Waals surface area contributed by atoms with Gasteiger partial charge in [-0.2, -0.15) is 5.10 Å². The minimum absolute atomic E-state index is 0.622. The van der Waals surface area contributed by atoms with Crippen LogP contribution in [-0.4, -0.2) is 19.7 Å². The van der Waals surface area contributed by atoms with Gasteiger partial charge < -0.3 is 10.2 Å². The molecule has 6 nitrogen and oxygen atoms in total. The zero-order valence-corrected chi connectivity index (χ0v) is 11.9. The highest BCUT2D eigenvalue weighted by atomic mass is 32.2. The van der Waals surface area contributed by atoms with Gasteiger partial charge in [0.25, 0.3) is 5.22 Å². The Hall–Kier alpha value is -2.02. The summed E-state index contributed by atoms with van der Waals surface area (Å²) in [5.74, 6) is 1.61. The Kier molecular flexibility index (Phi) is 3.60. The number of oxazole rings is 1. The van der Waals surface area contributed by atoms with Crippen LogP contribution in [0.4, 0.5) is 5.69 Å². The maximum atomic E-state index is 5.73. The number of benzene rings is 1. The summed E-state index contributed by atoms with van der Waals surface area (Å²) >= 11 is 1.51. The average Bonchev–Trinajstić information content (AvgIpc) is 3.02. The number of fused-ring (bicyclic) bond motifs is 1. The van der Waals surface area contributed by atoms with Gasteiger partial charge in [0.2, 0.25) is 0 Å². The molecule has 0 saturated heterocycles. The molecule has 0 aliphatic carbocycles. The van der Waals surface area contributed by atoms with Crippen LogP contribution in [-0.2, 0) is 12.3 Å². The number of nitrogen functional groups attached to an aromatic ring is 1. The topological polar surface area (TPSA) is 82.8 Å². The molecule has 0 radical (unpaired) electrons. The molecule has 2 aromatic heterocycles. The fraction of sp³-hybridized carbons (Fsp3) is 0.308. The van der Waals surface area contributed by atoms with E-state index in [4.69, 9.17) is 10.2 Å². The van der Waals surface area contributed by atoms with E-state index in [0.29, 0.717) is 16.7 Å². The van der Waals surface area contributed by atoms with Crippen LogP contribution in [0.5, 0.6) is 0 Å². The van der Waals surface area contributed by atoms with E-state index in [-0.39, 0.29) is 0 Å². The smallest absolute Gasteiger partial charge is 0.257 e. The maximum absolute atomic E-state index is 5.73. The van der Waals surface area contributed by atoms with Gasteiger partial charge in [0.05, 0.1) is 5.75 Å². The number of nitrogens with two attached hydrogens (primary N) is 1. The molecule has 0 fully saturated rings. The highest BCUT2D eigenvalue weighted by Crippen LogP contribution is 2.26. The zero-order chi connectivity index (χ0) is 13.9. The second-order valence-electron chi connectivity index (χ2n) is 4.40. The first-order valence-corrected chi connectivity index (χ1v) is 7.40. The van der Waals surface area contributed by atoms with Crippen LogP contribution in [0.3, 0.4) is 0 Å². The first-order chi connectivity index (χ1) is 9.76. The number of nitrogens with zero attached hydrogens (tertiary/aromatic N) is 4. The highest BCUT2D eigenvalue weighted by Gasteiger charge is 2.09. The standard InChI is InChI=1S/C13H15N5OS/c1-2-5-18-12(15-8-16-18)7-20-13-17-10-6-9(14)3-4-11(10)19-13/h3-4,6,8H,2,5,7,14H2,1H3. The van der Waals surface area contributed by atoms with Crippen LogP contribution in [0.2, 0.25) is 0 Å².